The third-order valence-electron chi connectivity index (χ3n) is 6.19. The van der Waals surface area contributed by atoms with Gasteiger partial charge in [0.25, 0.3) is 0 Å². The molecule has 1 aliphatic rings. The van der Waals surface area contributed by atoms with E-state index in [-0.39, 0.29) is 0 Å². The Morgan fingerprint density at radius 3 is 2.86 bits per heavy atom. The zero-order valence-electron chi connectivity index (χ0n) is 17.3. The number of aromatic nitrogens is 3. The molecule has 0 aromatic carbocycles. The highest BCUT2D eigenvalue weighted by molar-refractivity contribution is 6.30. The average molecular weight is 414 g/mol. The summed E-state index contributed by atoms with van der Waals surface area (Å²) >= 11 is 5.93. The predicted molar refractivity (Wildman–Crippen MR) is 113 cm³/mol. The van der Waals surface area contributed by atoms with Gasteiger partial charge in [-0.05, 0) is 55.4 Å². The monoisotopic (exact) mass is 413 g/mol. The van der Waals surface area contributed by atoms with Crippen LogP contribution < -0.4 is 10.0 Å². The Hall–Kier alpha value is -2.39. The molecule has 0 saturated heterocycles. The van der Waals surface area contributed by atoms with Crippen molar-refractivity contribution in [2.24, 2.45) is 17.3 Å². The molecule has 154 valence electrons. The maximum Gasteiger partial charge on any atom is 0.222 e. The molecule has 29 heavy (non-hydrogen) atoms. The normalized spacial score (nSPS) is 20.8. The lowest BCUT2D eigenvalue weighted by molar-refractivity contribution is -0.605. The van der Waals surface area contributed by atoms with E-state index in [9.17, 15) is 10.5 Å². The van der Waals surface area contributed by atoms with Crippen LogP contribution in [0.15, 0.2) is 24.7 Å². The van der Waals surface area contributed by atoms with E-state index in [1.54, 1.807) is 12.3 Å². The number of nitrogens with zero attached hydrogens (tertiary/aromatic N) is 4. The fourth-order valence-corrected chi connectivity index (χ4v) is 4.39. The molecule has 0 unspecified atom stereocenters. The van der Waals surface area contributed by atoms with Crippen LogP contribution in [0.3, 0.4) is 0 Å². The molecule has 6 nitrogen and oxygen atoms in total. The summed E-state index contributed by atoms with van der Waals surface area (Å²) in [5.74, 6) is 1.77. The Morgan fingerprint density at radius 2 is 2.17 bits per heavy atom. The van der Waals surface area contributed by atoms with Gasteiger partial charge in [-0.2, -0.15) is 9.99 Å². The third-order valence-corrected chi connectivity index (χ3v) is 6.40. The van der Waals surface area contributed by atoms with E-state index >= 15 is 0 Å². The molecule has 7 heteroatoms. The van der Waals surface area contributed by atoms with Crippen LogP contribution in [-0.2, 0) is 12.8 Å². The van der Waals surface area contributed by atoms with Gasteiger partial charge >= 0.3 is 0 Å². The zero-order valence-corrected chi connectivity index (χ0v) is 18.0. The molecule has 1 fully saturated rings. The summed E-state index contributed by atoms with van der Waals surface area (Å²) < 4.78 is 0.709. The van der Waals surface area contributed by atoms with Gasteiger partial charge in [0.15, 0.2) is 12.4 Å². The largest absolute Gasteiger partial charge is 0.619 e. The topological polar surface area (TPSA) is 88.5 Å². The first kappa shape index (κ1) is 21.3. The summed E-state index contributed by atoms with van der Waals surface area (Å²) in [7, 11) is 0. The molecule has 2 aromatic rings. The lowest BCUT2D eigenvalue weighted by Gasteiger charge is -2.40. The number of nitrogens with one attached hydrogen (secondary N) is 1. The van der Waals surface area contributed by atoms with Gasteiger partial charge in [0.05, 0.1) is 17.5 Å². The van der Waals surface area contributed by atoms with Crippen LogP contribution in [-0.4, -0.2) is 16.5 Å². The zero-order chi connectivity index (χ0) is 21.0. The number of rotatable bonds is 6. The van der Waals surface area contributed by atoms with Crippen molar-refractivity contribution in [2.75, 3.05) is 11.9 Å². The molecule has 3 rings (SSSR count). The first-order chi connectivity index (χ1) is 13.8. The Kier molecular flexibility index (Phi) is 6.59. The first-order valence-corrected chi connectivity index (χ1v) is 10.5. The van der Waals surface area contributed by atoms with Crippen molar-refractivity contribution in [3.05, 3.63) is 51.7 Å². The molecule has 1 aliphatic carbocycles. The van der Waals surface area contributed by atoms with Gasteiger partial charge in [0, 0.05) is 12.1 Å². The van der Waals surface area contributed by atoms with Gasteiger partial charge in [-0.25, -0.2) is 9.97 Å². The van der Waals surface area contributed by atoms with E-state index in [2.05, 4.69) is 42.1 Å². The summed E-state index contributed by atoms with van der Waals surface area (Å²) in [4.78, 5) is 8.91. The molecule has 2 atom stereocenters. The molecule has 0 spiro atoms. The SMILES string of the molecule is C[C@H]1CC[C@@H](Cc2nc(NCCc3cc(Cl)c[n+]([O-])c3)ncc2C#N)CC1(C)C. The van der Waals surface area contributed by atoms with Crippen molar-refractivity contribution in [3.63, 3.8) is 0 Å². The number of hydrogen-bond acceptors (Lipinski definition) is 5. The maximum atomic E-state index is 11.5. The van der Waals surface area contributed by atoms with Crippen molar-refractivity contribution < 1.29 is 4.73 Å². The van der Waals surface area contributed by atoms with E-state index in [1.807, 2.05) is 0 Å². The second-order valence-corrected chi connectivity index (χ2v) is 9.24. The second kappa shape index (κ2) is 8.96. The number of pyridine rings is 1. The number of anilines is 1. The van der Waals surface area contributed by atoms with Crippen molar-refractivity contribution in [1.82, 2.24) is 9.97 Å². The van der Waals surface area contributed by atoms with Crippen LogP contribution in [0.1, 0.15) is 56.9 Å². The molecule has 0 aliphatic heterocycles. The van der Waals surface area contributed by atoms with Crippen LogP contribution >= 0.6 is 11.6 Å². The van der Waals surface area contributed by atoms with Crippen LogP contribution in [0.5, 0.6) is 0 Å². The van der Waals surface area contributed by atoms with Gasteiger partial charge in [-0.1, -0.05) is 32.4 Å². The fourth-order valence-electron chi connectivity index (χ4n) is 4.15. The number of halogens is 1. The Labute approximate surface area is 177 Å². The van der Waals surface area contributed by atoms with E-state index < -0.39 is 0 Å². The Morgan fingerprint density at radius 1 is 1.38 bits per heavy atom. The van der Waals surface area contributed by atoms with Crippen LogP contribution in [0, 0.1) is 33.8 Å². The second-order valence-electron chi connectivity index (χ2n) is 8.81. The van der Waals surface area contributed by atoms with Gasteiger partial charge in [0.1, 0.15) is 11.1 Å². The molecular formula is C22H28ClN5O. The summed E-state index contributed by atoms with van der Waals surface area (Å²) in [5.41, 5.74) is 2.53. The van der Waals surface area contributed by atoms with Gasteiger partial charge in [-0.3, -0.25) is 0 Å². The van der Waals surface area contributed by atoms with Crippen molar-refractivity contribution >= 4 is 17.5 Å². The highest BCUT2D eigenvalue weighted by atomic mass is 35.5. The Balaban J connectivity index is 1.65. The molecule has 0 bridgehead atoms. The lowest BCUT2D eigenvalue weighted by atomic mass is 9.65. The van der Waals surface area contributed by atoms with E-state index in [1.165, 1.54) is 25.2 Å². The van der Waals surface area contributed by atoms with Crippen molar-refractivity contribution in [3.8, 4) is 6.07 Å². The van der Waals surface area contributed by atoms with Crippen LogP contribution in [0.4, 0.5) is 5.95 Å². The lowest BCUT2D eigenvalue weighted by Crippen LogP contribution is -2.31. The van der Waals surface area contributed by atoms with E-state index in [0.717, 1.165) is 30.0 Å². The van der Waals surface area contributed by atoms with Gasteiger partial charge in [-0.15, -0.1) is 0 Å². The highest BCUT2D eigenvalue weighted by Crippen LogP contribution is 2.44. The summed E-state index contributed by atoms with van der Waals surface area (Å²) in [6, 6.07) is 4.00. The van der Waals surface area contributed by atoms with Crippen LogP contribution in [0.25, 0.3) is 0 Å². The number of nitriles is 1. The molecule has 2 aromatic heterocycles. The highest BCUT2D eigenvalue weighted by Gasteiger charge is 2.34. The minimum Gasteiger partial charge on any atom is -0.619 e. The summed E-state index contributed by atoms with van der Waals surface area (Å²) in [6.07, 6.45) is 9.40. The molecule has 2 heterocycles. The number of hydrogen-bond donors (Lipinski definition) is 1. The van der Waals surface area contributed by atoms with Gasteiger partial charge < -0.3 is 10.5 Å². The molecule has 0 radical (unpaired) electrons. The minimum atomic E-state index is 0.319. The van der Waals surface area contributed by atoms with Crippen molar-refractivity contribution in [1.29, 1.82) is 5.26 Å². The van der Waals surface area contributed by atoms with E-state index in [0.29, 0.717) is 45.6 Å². The van der Waals surface area contributed by atoms with Gasteiger partial charge in [0.2, 0.25) is 5.95 Å². The summed E-state index contributed by atoms with van der Waals surface area (Å²) in [5, 5.41) is 24.6. The fraction of sp³-hybridized carbons (Fsp3) is 0.545. The smallest absolute Gasteiger partial charge is 0.222 e. The quantitative estimate of drug-likeness (QED) is 0.563. The molecule has 1 saturated carbocycles. The first-order valence-electron chi connectivity index (χ1n) is 10.1. The predicted octanol–water partition coefficient (Wildman–Crippen LogP) is 4.29. The average Bonchev–Trinajstić information content (AvgIpc) is 2.64. The molecule has 0 amide bonds. The standard InChI is InChI=1S/C22H28ClN5O/c1-15-4-5-16(10-22(15,2)3)9-20-18(11-24)12-26-21(27-20)25-7-6-17-8-19(23)14-28(29)13-17/h8,12-16H,4-7,9-10H2,1-3H3,(H,25,26,27)/t15-,16-/m0/s1. The molecular weight excluding hydrogens is 386 g/mol. The third kappa shape index (κ3) is 5.57. The summed E-state index contributed by atoms with van der Waals surface area (Å²) in [6.45, 7) is 7.57. The Bertz CT molecular complexity index is 888. The van der Waals surface area contributed by atoms with Crippen LogP contribution in [0.2, 0.25) is 5.02 Å². The molecule has 1 N–H and O–H groups in total. The van der Waals surface area contributed by atoms with Crippen molar-refractivity contribution in [2.45, 2.75) is 52.9 Å². The maximum absolute atomic E-state index is 11.5. The van der Waals surface area contributed by atoms with E-state index in [4.69, 9.17) is 11.6 Å². The minimum absolute atomic E-state index is 0.319.